The van der Waals surface area contributed by atoms with Crippen molar-refractivity contribution >= 4 is 21.4 Å². The van der Waals surface area contributed by atoms with Crippen LogP contribution in [0.15, 0.2) is 16.3 Å². The second-order valence-corrected chi connectivity index (χ2v) is 8.17. The third-order valence-electron chi connectivity index (χ3n) is 3.36. The van der Waals surface area contributed by atoms with Crippen LogP contribution < -0.4 is 10.0 Å². The first-order valence-corrected chi connectivity index (χ1v) is 8.52. The van der Waals surface area contributed by atoms with E-state index in [0.29, 0.717) is 4.21 Å². The van der Waals surface area contributed by atoms with Gasteiger partial charge in [-0.1, -0.05) is 0 Å². The van der Waals surface area contributed by atoms with E-state index in [1.54, 1.807) is 6.07 Å². The van der Waals surface area contributed by atoms with E-state index in [1.807, 2.05) is 20.0 Å². The highest BCUT2D eigenvalue weighted by molar-refractivity contribution is 7.91. The molecule has 4 nitrogen and oxygen atoms in total. The minimum Gasteiger partial charge on any atom is -0.319 e. The van der Waals surface area contributed by atoms with Crippen molar-refractivity contribution in [2.24, 2.45) is 0 Å². The molecule has 0 bridgehead atoms. The largest absolute Gasteiger partial charge is 0.319 e. The topological polar surface area (TPSA) is 58.2 Å². The monoisotopic (exact) mass is 288 g/mol. The number of nitrogens with one attached hydrogen (secondary N) is 2. The molecule has 1 heterocycles. The maximum Gasteiger partial charge on any atom is 0.250 e. The van der Waals surface area contributed by atoms with E-state index in [-0.39, 0.29) is 5.54 Å². The lowest BCUT2D eigenvalue weighted by atomic mass is 9.80. The third-order valence-corrected chi connectivity index (χ3v) is 6.64. The molecule has 1 fully saturated rings. The molecule has 1 aliphatic rings. The van der Waals surface area contributed by atoms with E-state index in [1.165, 1.54) is 11.3 Å². The van der Waals surface area contributed by atoms with Crippen LogP contribution in [0, 0.1) is 0 Å². The molecule has 0 aliphatic heterocycles. The first-order chi connectivity index (χ1) is 8.45. The number of hydrogen-bond donors (Lipinski definition) is 2. The van der Waals surface area contributed by atoms with Gasteiger partial charge in [0.25, 0.3) is 10.0 Å². The summed E-state index contributed by atoms with van der Waals surface area (Å²) in [5.41, 5.74) is -0.228. The molecule has 1 saturated carbocycles. The fourth-order valence-corrected chi connectivity index (χ4v) is 4.89. The van der Waals surface area contributed by atoms with Gasteiger partial charge in [-0.15, -0.1) is 11.3 Å². The molecule has 2 N–H and O–H groups in total. The molecule has 2 rings (SSSR count). The van der Waals surface area contributed by atoms with Gasteiger partial charge in [-0.2, -0.15) is 0 Å². The average molecular weight is 288 g/mol. The highest BCUT2D eigenvalue weighted by Crippen LogP contribution is 2.33. The Bertz CT molecular complexity index is 504. The fraction of sp³-hybridized carbons (Fsp3) is 0.667. The smallest absolute Gasteiger partial charge is 0.250 e. The first kappa shape index (κ1) is 14.0. The predicted molar refractivity (Wildman–Crippen MR) is 74.5 cm³/mol. The summed E-state index contributed by atoms with van der Waals surface area (Å²) in [5.74, 6) is 0. The van der Waals surface area contributed by atoms with Crippen molar-refractivity contribution in [2.75, 3.05) is 13.6 Å². The van der Waals surface area contributed by atoms with Gasteiger partial charge in [0.1, 0.15) is 4.21 Å². The van der Waals surface area contributed by atoms with E-state index < -0.39 is 10.0 Å². The van der Waals surface area contributed by atoms with E-state index in [0.717, 1.165) is 37.1 Å². The van der Waals surface area contributed by atoms with Crippen LogP contribution in [-0.4, -0.2) is 27.5 Å². The molecule has 0 aromatic carbocycles. The van der Waals surface area contributed by atoms with Gasteiger partial charge in [0, 0.05) is 10.4 Å². The van der Waals surface area contributed by atoms with Gasteiger partial charge in [0.15, 0.2) is 0 Å². The average Bonchev–Trinajstić information content (AvgIpc) is 2.73. The Labute approximate surface area is 113 Å². The van der Waals surface area contributed by atoms with Crippen LogP contribution in [0.2, 0.25) is 0 Å². The molecule has 6 heteroatoms. The number of likely N-dealkylation sites (N-methyl/N-ethyl adjacent to an activating group) is 1. The van der Waals surface area contributed by atoms with Crippen molar-refractivity contribution in [3.05, 3.63) is 17.0 Å². The molecule has 0 saturated heterocycles. The molecule has 0 atom stereocenters. The van der Waals surface area contributed by atoms with Gasteiger partial charge in [-0.25, -0.2) is 13.1 Å². The SMILES string of the molecule is CNCCc1ccc(S(=O)(=O)NC2(C)CCC2)s1. The normalized spacial score (nSPS) is 18.6. The van der Waals surface area contributed by atoms with Gasteiger partial charge in [0.05, 0.1) is 0 Å². The maximum absolute atomic E-state index is 12.2. The zero-order chi connectivity index (χ0) is 13.2. The predicted octanol–water partition coefficient (Wildman–Crippen LogP) is 1.73. The van der Waals surface area contributed by atoms with Crippen LogP contribution in [0.4, 0.5) is 0 Å². The fourth-order valence-electron chi connectivity index (χ4n) is 2.07. The number of thiophene rings is 1. The van der Waals surface area contributed by atoms with Crippen molar-refractivity contribution in [3.63, 3.8) is 0 Å². The second kappa shape index (κ2) is 5.28. The highest BCUT2D eigenvalue weighted by Gasteiger charge is 2.36. The summed E-state index contributed by atoms with van der Waals surface area (Å²) >= 11 is 1.36. The van der Waals surface area contributed by atoms with Crippen molar-refractivity contribution in [3.8, 4) is 0 Å². The lowest BCUT2D eigenvalue weighted by Crippen LogP contribution is -2.50. The minimum atomic E-state index is -3.33. The van der Waals surface area contributed by atoms with Crippen molar-refractivity contribution < 1.29 is 8.42 Å². The molecule has 1 aromatic rings. The van der Waals surface area contributed by atoms with Crippen LogP contribution >= 0.6 is 11.3 Å². The zero-order valence-corrected chi connectivity index (χ0v) is 12.5. The summed E-state index contributed by atoms with van der Waals surface area (Å²) in [6.45, 7) is 2.84. The lowest BCUT2D eigenvalue weighted by Gasteiger charge is -2.38. The lowest BCUT2D eigenvalue weighted by molar-refractivity contribution is 0.248. The molecule has 18 heavy (non-hydrogen) atoms. The van der Waals surface area contributed by atoms with Crippen LogP contribution in [-0.2, 0) is 16.4 Å². The number of rotatable bonds is 6. The molecule has 0 unspecified atom stereocenters. The Balaban J connectivity index is 2.07. The summed E-state index contributed by atoms with van der Waals surface area (Å²) in [4.78, 5) is 1.10. The van der Waals surface area contributed by atoms with Gasteiger partial charge in [0.2, 0.25) is 0 Å². The molecule has 1 aliphatic carbocycles. The summed E-state index contributed by atoms with van der Waals surface area (Å²) in [6.07, 6.45) is 3.85. The van der Waals surface area contributed by atoms with Crippen LogP contribution in [0.1, 0.15) is 31.1 Å². The Morgan fingerprint density at radius 3 is 2.67 bits per heavy atom. The van der Waals surface area contributed by atoms with E-state index >= 15 is 0 Å². The summed E-state index contributed by atoms with van der Waals surface area (Å²) in [6, 6.07) is 3.61. The van der Waals surface area contributed by atoms with Gasteiger partial charge < -0.3 is 5.32 Å². The molecular weight excluding hydrogens is 268 g/mol. The van der Waals surface area contributed by atoms with E-state index in [2.05, 4.69) is 10.0 Å². The Morgan fingerprint density at radius 2 is 2.11 bits per heavy atom. The molecule has 1 aromatic heterocycles. The van der Waals surface area contributed by atoms with Crippen LogP contribution in [0.3, 0.4) is 0 Å². The minimum absolute atomic E-state index is 0.228. The number of hydrogen-bond acceptors (Lipinski definition) is 4. The van der Waals surface area contributed by atoms with Crippen LogP contribution in [0.5, 0.6) is 0 Å². The molecule has 102 valence electrons. The molecule has 0 radical (unpaired) electrons. The highest BCUT2D eigenvalue weighted by atomic mass is 32.2. The van der Waals surface area contributed by atoms with Crippen molar-refractivity contribution in [2.45, 2.75) is 42.4 Å². The molecule has 0 amide bonds. The van der Waals surface area contributed by atoms with Gasteiger partial charge in [-0.3, -0.25) is 0 Å². The number of sulfonamides is 1. The Morgan fingerprint density at radius 1 is 1.39 bits per heavy atom. The quantitative estimate of drug-likeness (QED) is 0.838. The van der Waals surface area contributed by atoms with E-state index in [9.17, 15) is 8.42 Å². The van der Waals surface area contributed by atoms with Crippen LogP contribution in [0.25, 0.3) is 0 Å². The zero-order valence-electron chi connectivity index (χ0n) is 10.8. The van der Waals surface area contributed by atoms with E-state index in [4.69, 9.17) is 0 Å². The second-order valence-electron chi connectivity index (χ2n) is 5.09. The first-order valence-electron chi connectivity index (χ1n) is 6.22. The Hall–Kier alpha value is -0.430. The van der Waals surface area contributed by atoms with Crippen molar-refractivity contribution in [1.82, 2.24) is 10.0 Å². The third kappa shape index (κ3) is 3.12. The standard InChI is InChI=1S/C12H20N2O2S2/c1-12(7-3-8-12)14-18(15,16)11-5-4-10(17-11)6-9-13-2/h4-5,13-14H,3,6-9H2,1-2H3. The summed E-state index contributed by atoms with van der Waals surface area (Å²) in [7, 11) is -1.44. The summed E-state index contributed by atoms with van der Waals surface area (Å²) < 4.78 is 27.7. The molecule has 0 spiro atoms. The maximum atomic E-state index is 12.2. The molecular formula is C12H20N2O2S2. The van der Waals surface area contributed by atoms with Crippen molar-refractivity contribution in [1.29, 1.82) is 0 Å². The Kier molecular flexibility index (Phi) is 4.11. The van der Waals surface area contributed by atoms with Gasteiger partial charge >= 0.3 is 0 Å². The summed E-state index contributed by atoms with van der Waals surface area (Å²) in [5, 5.41) is 3.06. The van der Waals surface area contributed by atoms with Gasteiger partial charge in [-0.05, 0) is 58.3 Å².